The maximum absolute atomic E-state index is 11.6. The van der Waals surface area contributed by atoms with E-state index in [0.717, 1.165) is 40.3 Å². The van der Waals surface area contributed by atoms with Gasteiger partial charge in [-0.15, -0.1) is 11.8 Å². The molecule has 0 bridgehead atoms. The minimum Gasteiger partial charge on any atom is -0.481 e. The Labute approximate surface area is 212 Å². The van der Waals surface area contributed by atoms with E-state index in [1.165, 1.54) is 11.8 Å². The van der Waals surface area contributed by atoms with Crippen LogP contribution in [0.5, 0.6) is 5.88 Å². The molecule has 2 aliphatic rings. The number of β-amino-alcohol motifs (C(OH)–C–C–N with tert-alkyl or cyclic N) is 1. The van der Waals surface area contributed by atoms with Gasteiger partial charge in [-0.2, -0.15) is 0 Å². The molecule has 9 nitrogen and oxygen atoms in total. The summed E-state index contributed by atoms with van der Waals surface area (Å²) in [6.45, 7) is 3.41. The second-order valence-electron chi connectivity index (χ2n) is 8.76. The number of rotatable bonds is 8. The first-order valence-corrected chi connectivity index (χ1v) is 12.9. The van der Waals surface area contributed by atoms with E-state index in [1.54, 1.807) is 19.4 Å². The summed E-state index contributed by atoms with van der Waals surface area (Å²) in [5, 5.41) is 17.4. The van der Waals surface area contributed by atoms with Gasteiger partial charge in [-0.25, -0.2) is 9.97 Å². The number of aliphatic hydroxyl groups excluding tert-OH is 1. The summed E-state index contributed by atoms with van der Waals surface area (Å²) in [5.41, 5.74) is 3.33. The molecule has 1 amide bonds. The van der Waals surface area contributed by atoms with Gasteiger partial charge in [0, 0.05) is 56.5 Å². The first-order chi connectivity index (χ1) is 17.0. The number of carbonyl (C=O) groups excluding carboxylic acids is 1. The molecule has 1 fully saturated rings. The van der Waals surface area contributed by atoms with Crippen LogP contribution in [0.4, 0.5) is 5.82 Å². The van der Waals surface area contributed by atoms with Crippen molar-refractivity contribution in [2.75, 3.05) is 44.4 Å². The number of pyridine rings is 3. The predicted molar refractivity (Wildman–Crippen MR) is 136 cm³/mol. The molecule has 1 unspecified atom stereocenters. The number of halogens is 1. The number of thioether (sulfide) groups is 1. The molecule has 2 atom stereocenters. The van der Waals surface area contributed by atoms with Crippen LogP contribution in [0, 0.1) is 5.92 Å². The number of ether oxygens (including phenoxy) is 1. The number of hydrogen-bond acceptors (Lipinski definition) is 9. The van der Waals surface area contributed by atoms with Crippen LogP contribution in [0.25, 0.3) is 11.0 Å². The van der Waals surface area contributed by atoms with Crippen molar-refractivity contribution >= 4 is 46.1 Å². The molecule has 0 spiro atoms. The standard InChI is InChI=1S/C24H27ClN6O3S/c1-34-22-5-3-18-23(30-22)16(17(25)10-27-18)6-7-31-11-14(19(32)12-31)8-26-9-15-2-4-20-24(28-15)29-21(33)13-35-20/h2-5,10,14,19,26,32H,6-9,11-13H2,1H3,(H,28,29,33)/t14?,19-/m1/s1. The highest BCUT2D eigenvalue weighted by Crippen LogP contribution is 2.30. The van der Waals surface area contributed by atoms with Crippen molar-refractivity contribution in [3.63, 3.8) is 0 Å². The number of likely N-dealkylation sites (tertiary alicyclic amines) is 1. The van der Waals surface area contributed by atoms with Crippen LogP contribution in [0.2, 0.25) is 5.02 Å². The average Bonchev–Trinajstić information content (AvgIpc) is 3.21. The van der Waals surface area contributed by atoms with Crippen molar-refractivity contribution in [1.82, 2.24) is 25.2 Å². The van der Waals surface area contributed by atoms with Gasteiger partial charge in [0.2, 0.25) is 11.8 Å². The summed E-state index contributed by atoms with van der Waals surface area (Å²) in [4.78, 5) is 28.3. The summed E-state index contributed by atoms with van der Waals surface area (Å²) < 4.78 is 5.27. The highest BCUT2D eigenvalue weighted by atomic mass is 35.5. The molecule has 11 heteroatoms. The van der Waals surface area contributed by atoms with Gasteiger partial charge in [0.1, 0.15) is 5.82 Å². The van der Waals surface area contributed by atoms with E-state index < -0.39 is 6.10 Å². The monoisotopic (exact) mass is 514 g/mol. The van der Waals surface area contributed by atoms with Crippen molar-refractivity contribution in [1.29, 1.82) is 0 Å². The van der Waals surface area contributed by atoms with Crippen LogP contribution in [-0.2, 0) is 17.8 Å². The zero-order valence-corrected chi connectivity index (χ0v) is 20.9. The molecule has 1 saturated heterocycles. The van der Waals surface area contributed by atoms with Gasteiger partial charge in [-0.05, 0) is 24.6 Å². The number of aliphatic hydroxyl groups is 1. The van der Waals surface area contributed by atoms with E-state index in [4.69, 9.17) is 16.3 Å². The highest BCUT2D eigenvalue weighted by Gasteiger charge is 2.31. The Kier molecular flexibility index (Phi) is 7.35. The first kappa shape index (κ1) is 24.2. The Morgan fingerprint density at radius 1 is 1.29 bits per heavy atom. The SMILES string of the molecule is COc1ccc2ncc(Cl)c(CCN3CC(CNCc4ccc5c(n4)NC(=O)CS5)[C@H](O)C3)c2n1. The van der Waals surface area contributed by atoms with Crippen molar-refractivity contribution in [2.45, 2.75) is 24.0 Å². The lowest BCUT2D eigenvalue weighted by Crippen LogP contribution is -2.30. The number of fused-ring (bicyclic) bond motifs is 2. The molecule has 0 aliphatic carbocycles. The molecule has 3 aromatic rings. The number of anilines is 1. The lowest BCUT2D eigenvalue weighted by Gasteiger charge is -2.18. The third-order valence-corrected chi connectivity index (χ3v) is 7.73. The van der Waals surface area contributed by atoms with Crippen LogP contribution in [0.3, 0.4) is 0 Å². The minimum atomic E-state index is -0.405. The number of hydrogen-bond donors (Lipinski definition) is 3. The second-order valence-corrected chi connectivity index (χ2v) is 10.2. The molecule has 2 aliphatic heterocycles. The number of amides is 1. The van der Waals surface area contributed by atoms with E-state index in [0.29, 0.717) is 48.5 Å². The number of methoxy groups -OCH3 is 1. The lowest BCUT2D eigenvalue weighted by atomic mass is 10.1. The molecule has 5 rings (SSSR count). The Morgan fingerprint density at radius 3 is 3.03 bits per heavy atom. The third-order valence-electron chi connectivity index (χ3n) is 6.35. The van der Waals surface area contributed by atoms with Gasteiger partial charge >= 0.3 is 0 Å². The van der Waals surface area contributed by atoms with E-state index >= 15 is 0 Å². The van der Waals surface area contributed by atoms with Crippen molar-refractivity contribution in [3.05, 3.63) is 46.7 Å². The fourth-order valence-electron chi connectivity index (χ4n) is 4.51. The molecule has 0 saturated carbocycles. The van der Waals surface area contributed by atoms with Crippen LogP contribution >= 0.6 is 23.4 Å². The van der Waals surface area contributed by atoms with Gasteiger partial charge in [-0.3, -0.25) is 9.78 Å². The number of aromatic nitrogens is 3. The number of nitrogens with one attached hydrogen (secondary N) is 2. The summed E-state index contributed by atoms with van der Waals surface area (Å²) in [5.74, 6) is 1.68. The number of nitrogens with zero attached hydrogens (tertiary/aromatic N) is 4. The number of carbonyl (C=O) groups is 1. The minimum absolute atomic E-state index is 0.0229. The van der Waals surface area contributed by atoms with Crippen molar-refractivity contribution in [2.24, 2.45) is 5.92 Å². The van der Waals surface area contributed by atoms with Crippen LogP contribution in [0.1, 0.15) is 11.3 Å². The third kappa shape index (κ3) is 5.52. The summed E-state index contributed by atoms with van der Waals surface area (Å²) >= 11 is 7.97. The summed E-state index contributed by atoms with van der Waals surface area (Å²) in [7, 11) is 1.59. The molecule has 3 aromatic heterocycles. The van der Waals surface area contributed by atoms with Gasteiger partial charge in [0.05, 0.1) is 45.6 Å². The van der Waals surface area contributed by atoms with E-state index in [-0.39, 0.29) is 11.8 Å². The van der Waals surface area contributed by atoms with E-state index in [2.05, 4.69) is 30.5 Å². The van der Waals surface area contributed by atoms with Gasteiger partial charge in [-0.1, -0.05) is 11.6 Å². The van der Waals surface area contributed by atoms with Gasteiger partial charge in [0.25, 0.3) is 0 Å². The fourth-order valence-corrected chi connectivity index (χ4v) is 5.50. The molecular formula is C24H27ClN6O3S. The van der Waals surface area contributed by atoms with E-state index in [1.807, 2.05) is 18.2 Å². The Balaban J connectivity index is 1.15. The normalized spacial score (nSPS) is 20.1. The van der Waals surface area contributed by atoms with Gasteiger partial charge < -0.3 is 25.4 Å². The van der Waals surface area contributed by atoms with Crippen LogP contribution in [-0.4, -0.2) is 76.0 Å². The van der Waals surface area contributed by atoms with Crippen LogP contribution < -0.4 is 15.4 Å². The summed E-state index contributed by atoms with van der Waals surface area (Å²) in [6.07, 6.45) is 1.96. The fraction of sp³-hybridized carbons (Fsp3) is 0.417. The molecule has 5 heterocycles. The zero-order chi connectivity index (χ0) is 24.4. The van der Waals surface area contributed by atoms with Crippen LogP contribution in [0.15, 0.2) is 35.4 Å². The smallest absolute Gasteiger partial charge is 0.235 e. The maximum Gasteiger partial charge on any atom is 0.235 e. The molecular weight excluding hydrogens is 488 g/mol. The first-order valence-electron chi connectivity index (χ1n) is 11.5. The largest absolute Gasteiger partial charge is 0.481 e. The Hall–Kier alpha value is -2.50. The Morgan fingerprint density at radius 2 is 2.17 bits per heavy atom. The molecule has 0 aromatic carbocycles. The van der Waals surface area contributed by atoms with E-state index in [9.17, 15) is 9.90 Å². The highest BCUT2D eigenvalue weighted by molar-refractivity contribution is 8.00. The van der Waals surface area contributed by atoms with Crippen molar-refractivity contribution in [3.8, 4) is 5.88 Å². The lowest BCUT2D eigenvalue weighted by molar-refractivity contribution is -0.113. The quantitative estimate of drug-likeness (QED) is 0.417. The zero-order valence-electron chi connectivity index (χ0n) is 19.3. The molecule has 35 heavy (non-hydrogen) atoms. The second kappa shape index (κ2) is 10.6. The van der Waals surface area contributed by atoms with Crippen molar-refractivity contribution < 1.29 is 14.6 Å². The molecule has 0 radical (unpaired) electrons. The topological polar surface area (TPSA) is 112 Å². The molecule has 184 valence electrons. The average molecular weight is 515 g/mol. The summed E-state index contributed by atoms with van der Waals surface area (Å²) in [6, 6.07) is 7.64. The maximum atomic E-state index is 11.6. The predicted octanol–water partition coefficient (Wildman–Crippen LogP) is 2.36. The molecule has 3 N–H and O–H groups in total. The Bertz CT molecular complexity index is 1250. The van der Waals surface area contributed by atoms with Gasteiger partial charge in [0.15, 0.2) is 0 Å².